The molecular weight excluding hydrogens is 609 g/mol. The Kier molecular flexibility index (Phi) is 10.7. The molecule has 2 aliphatic rings. The number of halogens is 3. The van der Waals surface area contributed by atoms with Gasteiger partial charge in [-0.25, -0.2) is 9.59 Å². The number of carbonyl (C=O) groups is 2. The van der Waals surface area contributed by atoms with E-state index in [1.54, 1.807) is 13.8 Å². The van der Waals surface area contributed by atoms with Gasteiger partial charge in [-0.3, -0.25) is 9.80 Å². The summed E-state index contributed by atoms with van der Waals surface area (Å²) in [7, 11) is 0. The van der Waals surface area contributed by atoms with Crippen molar-refractivity contribution in [3.05, 3.63) is 130 Å². The first-order valence-electron chi connectivity index (χ1n) is 15.6. The summed E-state index contributed by atoms with van der Waals surface area (Å²) in [6, 6.07) is 25.4. The van der Waals surface area contributed by atoms with E-state index < -0.39 is 29.6 Å². The molecule has 2 heterocycles. The molecule has 0 saturated carbocycles. The van der Waals surface area contributed by atoms with Gasteiger partial charge < -0.3 is 20.5 Å². The fourth-order valence-electron chi connectivity index (χ4n) is 6.26. The van der Waals surface area contributed by atoms with Crippen molar-refractivity contribution >= 4 is 11.9 Å². The van der Waals surface area contributed by atoms with Gasteiger partial charge in [0.25, 0.3) is 0 Å². The molecule has 0 aromatic heterocycles. The topological polar surface area (TPSA) is 97.1 Å². The summed E-state index contributed by atoms with van der Waals surface area (Å²) < 4.78 is 51.9. The van der Waals surface area contributed by atoms with Gasteiger partial charge in [0, 0.05) is 38.4 Å². The van der Waals surface area contributed by atoms with Crippen LogP contribution in [0.5, 0.6) is 0 Å². The molecule has 0 spiro atoms. The lowest BCUT2D eigenvalue weighted by Crippen LogP contribution is -2.48. The molecule has 1 unspecified atom stereocenters. The molecule has 248 valence electrons. The molecule has 5 rings (SSSR count). The second kappa shape index (κ2) is 14.9. The van der Waals surface area contributed by atoms with E-state index in [-0.39, 0.29) is 47.5 Å². The summed E-state index contributed by atoms with van der Waals surface area (Å²) in [5.74, 6) is -2.90. The monoisotopic (exact) mass is 648 g/mol. The number of benzene rings is 3. The van der Waals surface area contributed by atoms with E-state index in [0.29, 0.717) is 6.54 Å². The Hall–Kier alpha value is -4.61. The minimum absolute atomic E-state index is 0.0000362. The third-order valence-corrected chi connectivity index (χ3v) is 8.50. The normalized spacial score (nSPS) is 17.9. The van der Waals surface area contributed by atoms with Gasteiger partial charge in [-0.1, -0.05) is 78.9 Å². The number of carbonyl (C=O) groups excluding carboxylic acids is 2. The SMILES string of the molecule is CCOC(=O)C1=C(N)NC(C)=C(C(=O)OCCN2CCN(C(c3ccccc3)c3ccccc3)CC2)C1c1cccc(C(F)(F)F)c1. The van der Waals surface area contributed by atoms with Crippen LogP contribution in [0.25, 0.3) is 0 Å². The Morgan fingerprint density at radius 3 is 2.04 bits per heavy atom. The molecule has 8 nitrogen and oxygen atoms in total. The number of nitrogens with one attached hydrogen (secondary N) is 1. The van der Waals surface area contributed by atoms with Crippen molar-refractivity contribution in [1.82, 2.24) is 15.1 Å². The van der Waals surface area contributed by atoms with Crippen molar-refractivity contribution in [2.75, 3.05) is 45.9 Å². The number of hydrogen-bond acceptors (Lipinski definition) is 8. The maximum atomic E-state index is 13.7. The fraction of sp³-hybridized carbons (Fsp3) is 0.333. The average Bonchev–Trinajstić information content (AvgIpc) is 3.06. The molecule has 2 aliphatic heterocycles. The minimum Gasteiger partial charge on any atom is -0.463 e. The Labute approximate surface area is 272 Å². The van der Waals surface area contributed by atoms with Crippen molar-refractivity contribution in [1.29, 1.82) is 0 Å². The predicted octanol–water partition coefficient (Wildman–Crippen LogP) is 5.35. The highest BCUT2D eigenvalue weighted by atomic mass is 19.4. The largest absolute Gasteiger partial charge is 0.463 e. The molecule has 0 bridgehead atoms. The number of nitrogens with two attached hydrogens (primary N) is 1. The zero-order valence-corrected chi connectivity index (χ0v) is 26.4. The van der Waals surface area contributed by atoms with Crippen LogP contribution in [0.1, 0.15) is 48.1 Å². The molecule has 0 aliphatic carbocycles. The maximum absolute atomic E-state index is 13.7. The van der Waals surface area contributed by atoms with Gasteiger partial charge in [0.2, 0.25) is 0 Å². The first kappa shape index (κ1) is 33.7. The zero-order chi connectivity index (χ0) is 33.6. The second-order valence-corrected chi connectivity index (χ2v) is 11.5. The third-order valence-electron chi connectivity index (χ3n) is 8.50. The number of hydrogen-bond donors (Lipinski definition) is 2. The molecule has 47 heavy (non-hydrogen) atoms. The van der Waals surface area contributed by atoms with E-state index in [2.05, 4.69) is 39.4 Å². The van der Waals surface area contributed by atoms with Gasteiger partial charge in [-0.2, -0.15) is 13.2 Å². The van der Waals surface area contributed by atoms with Crippen LogP contribution in [0.3, 0.4) is 0 Å². The molecule has 1 atom stereocenters. The van der Waals surface area contributed by atoms with Crippen molar-refractivity contribution in [2.24, 2.45) is 5.73 Å². The smallest absolute Gasteiger partial charge is 0.416 e. The molecule has 1 fully saturated rings. The van der Waals surface area contributed by atoms with E-state index in [1.807, 2.05) is 36.4 Å². The number of esters is 2. The Morgan fingerprint density at radius 1 is 0.872 bits per heavy atom. The lowest BCUT2D eigenvalue weighted by molar-refractivity contribution is -0.140. The summed E-state index contributed by atoms with van der Waals surface area (Å²) in [6.07, 6.45) is -4.63. The number of ether oxygens (including phenoxy) is 2. The lowest BCUT2D eigenvalue weighted by atomic mass is 9.81. The molecule has 1 saturated heterocycles. The van der Waals surface area contributed by atoms with E-state index in [1.165, 1.54) is 23.3 Å². The summed E-state index contributed by atoms with van der Waals surface area (Å²) in [4.78, 5) is 31.3. The highest BCUT2D eigenvalue weighted by molar-refractivity contribution is 5.99. The van der Waals surface area contributed by atoms with E-state index in [4.69, 9.17) is 15.2 Å². The van der Waals surface area contributed by atoms with Crippen molar-refractivity contribution < 1.29 is 32.2 Å². The lowest BCUT2D eigenvalue weighted by Gasteiger charge is -2.39. The van der Waals surface area contributed by atoms with E-state index in [0.717, 1.165) is 38.3 Å². The molecule has 3 aromatic carbocycles. The number of rotatable bonds is 10. The average molecular weight is 649 g/mol. The summed E-state index contributed by atoms with van der Waals surface area (Å²) in [5.41, 5.74) is 7.90. The number of alkyl halides is 3. The van der Waals surface area contributed by atoms with Crippen LogP contribution >= 0.6 is 0 Å². The van der Waals surface area contributed by atoms with Gasteiger partial charge in [0.05, 0.1) is 35.3 Å². The van der Waals surface area contributed by atoms with Crippen LogP contribution in [0, 0.1) is 0 Å². The Morgan fingerprint density at radius 2 is 1.47 bits per heavy atom. The predicted molar refractivity (Wildman–Crippen MR) is 172 cm³/mol. The number of dihydropyridines is 1. The highest BCUT2D eigenvalue weighted by Crippen LogP contribution is 2.40. The van der Waals surface area contributed by atoms with Crippen LogP contribution in [-0.2, 0) is 25.2 Å². The number of nitrogens with zero attached hydrogens (tertiary/aromatic N) is 2. The zero-order valence-electron chi connectivity index (χ0n) is 26.4. The summed E-state index contributed by atoms with van der Waals surface area (Å²) in [5, 5.41) is 2.82. The van der Waals surface area contributed by atoms with Crippen molar-refractivity contribution in [3.63, 3.8) is 0 Å². The minimum atomic E-state index is -4.63. The van der Waals surface area contributed by atoms with Gasteiger partial charge >= 0.3 is 18.1 Å². The third kappa shape index (κ3) is 7.86. The van der Waals surface area contributed by atoms with Crippen LogP contribution in [0.4, 0.5) is 13.2 Å². The van der Waals surface area contributed by atoms with Crippen LogP contribution in [-0.4, -0.2) is 67.7 Å². The standard InChI is InChI=1S/C36H39F3N4O4/c1-3-46-35(45)31-30(27-15-10-16-28(23-27)36(37,38)39)29(24(2)41-33(31)40)34(44)47-22-21-42-17-19-43(20-18-42)32(25-11-6-4-7-12-25)26-13-8-5-9-14-26/h4-16,23,30,32,41H,3,17-22,40H2,1-2H3. The van der Waals surface area contributed by atoms with Gasteiger partial charge in [-0.05, 0) is 36.6 Å². The van der Waals surface area contributed by atoms with Gasteiger partial charge in [-0.15, -0.1) is 0 Å². The maximum Gasteiger partial charge on any atom is 0.416 e. The first-order valence-corrected chi connectivity index (χ1v) is 15.6. The molecular formula is C36H39F3N4O4. The second-order valence-electron chi connectivity index (χ2n) is 11.5. The fourth-order valence-corrected chi connectivity index (χ4v) is 6.26. The van der Waals surface area contributed by atoms with Gasteiger partial charge in [0.1, 0.15) is 12.4 Å². The van der Waals surface area contributed by atoms with Crippen LogP contribution < -0.4 is 11.1 Å². The Bertz CT molecular complexity index is 1580. The molecule has 3 aromatic rings. The van der Waals surface area contributed by atoms with Crippen LogP contribution in [0.2, 0.25) is 0 Å². The molecule has 11 heteroatoms. The number of allylic oxidation sites excluding steroid dienone is 1. The van der Waals surface area contributed by atoms with Crippen molar-refractivity contribution in [2.45, 2.75) is 32.0 Å². The highest BCUT2D eigenvalue weighted by Gasteiger charge is 2.40. The van der Waals surface area contributed by atoms with Gasteiger partial charge in [0.15, 0.2) is 0 Å². The van der Waals surface area contributed by atoms with E-state index in [9.17, 15) is 22.8 Å². The first-order chi connectivity index (χ1) is 22.6. The van der Waals surface area contributed by atoms with Crippen molar-refractivity contribution in [3.8, 4) is 0 Å². The summed E-state index contributed by atoms with van der Waals surface area (Å²) in [6.45, 7) is 6.84. The van der Waals surface area contributed by atoms with Crippen LogP contribution in [0.15, 0.2) is 108 Å². The molecule has 0 amide bonds. The quantitative estimate of drug-likeness (QED) is 0.284. The van der Waals surface area contributed by atoms with E-state index >= 15 is 0 Å². The summed E-state index contributed by atoms with van der Waals surface area (Å²) >= 11 is 0. The Balaban J connectivity index is 1.27. The number of piperazine rings is 1. The molecule has 0 radical (unpaired) electrons. The molecule has 3 N–H and O–H groups in total.